The molecule has 0 unspecified atom stereocenters. The van der Waals surface area contributed by atoms with Crippen LogP contribution in [-0.2, 0) is 35.1 Å². The Bertz CT molecular complexity index is 805. The van der Waals surface area contributed by atoms with Crippen molar-refractivity contribution in [2.75, 3.05) is 12.3 Å². The Morgan fingerprint density at radius 2 is 1.50 bits per heavy atom. The summed E-state index contributed by atoms with van der Waals surface area (Å²) in [7, 11) is 0. The first-order valence-corrected chi connectivity index (χ1v) is 10.9. The number of carbonyl (C=O) groups is 4. The van der Waals surface area contributed by atoms with Crippen LogP contribution < -0.4 is 15.2 Å². The van der Waals surface area contributed by atoms with Crippen molar-refractivity contribution in [3.8, 4) is 11.5 Å². The second kappa shape index (κ2) is 14.1. The van der Waals surface area contributed by atoms with Crippen LogP contribution in [0.2, 0.25) is 0 Å². The van der Waals surface area contributed by atoms with E-state index in [1.165, 1.54) is 6.07 Å². The van der Waals surface area contributed by atoms with Crippen molar-refractivity contribution in [3.05, 3.63) is 17.7 Å². The molecule has 0 aromatic heterocycles. The van der Waals surface area contributed by atoms with Gasteiger partial charge in [-0.25, -0.2) is 0 Å². The average Bonchev–Trinajstić information content (AvgIpc) is 2.74. The van der Waals surface area contributed by atoms with E-state index in [-0.39, 0.29) is 61.9 Å². The Kier molecular flexibility index (Phi) is 11.8. The Morgan fingerprint density at radius 3 is 2.09 bits per heavy atom. The first-order valence-electron chi connectivity index (χ1n) is 10.9. The number of hydrogen-bond acceptors (Lipinski definition) is 9. The third-order valence-corrected chi connectivity index (χ3v) is 4.30. The number of rotatable bonds is 13. The lowest BCUT2D eigenvalue weighted by Crippen LogP contribution is -2.22. The molecule has 0 heterocycles. The Hall–Kier alpha value is -3.10. The summed E-state index contributed by atoms with van der Waals surface area (Å²) in [6.07, 6.45) is 1.51. The second-order valence-corrected chi connectivity index (χ2v) is 7.25. The van der Waals surface area contributed by atoms with Crippen molar-refractivity contribution in [2.24, 2.45) is 0 Å². The minimum Gasteiger partial charge on any atom is -0.462 e. The van der Waals surface area contributed by atoms with Crippen molar-refractivity contribution in [2.45, 2.75) is 78.7 Å². The van der Waals surface area contributed by atoms with Gasteiger partial charge in [-0.05, 0) is 37.8 Å². The maximum atomic E-state index is 12.1. The molecule has 0 spiro atoms. The maximum absolute atomic E-state index is 12.1. The van der Waals surface area contributed by atoms with Gasteiger partial charge in [0.2, 0.25) is 0 Å². The number of anilines is 1. The normalized spacial score (nSPS) is 11.4. The van der Waals surface area contributed by atoms with Crippen LogP contribution in [0.5, 0.6) is 11.5 Å². The molecule has 1 rings (SSSR count). The maximum Gasteiger partial charge on any atom is 0.311 e. The van der Waals surface area contributed by atoms with Crippen molar-refractivity contribution in [3.63, 3.8) is 0 Å². The fourth-order valence-corrected chi connectivity index (χ4v) is 2.63. The van der Waals surface area contributed by atoms with Gasteiger partial charge in [0.25, 0.3) is 0 Å². The number of aryl methyl sites for hydroxylation is 1. The van der Waals surface area contributed by atoms with E-state index in [2.05, 4.69) is 0 Å². The van der Waals surface area contributed by atoms with E-state index in [4.69, 9.17) is 24.7 Å². The molecular weight excluding hydrogens is 418 g/mol. The fourth-order valence-electron chi connectivity index (χ4n) is 2.63. The van der Waals surface area contributed by atoms with Crippen LogP contribution >= 0.6 is 0 Å². The van der Waals surface area contributed by atoms with Gasteiger partial charge in [-0.1, -0.05) is 26.8 Å². The summed E-state index contributed by atoms with van der Waals surface area (Å²) in [5.74, 6) is -1.80. The lowest BCUT2D eigenvalue weighted by Gasteiger charge is -2.16. The van der Waals surface area contributed by atoms with E-state index < -0.39 is 24.0 Å². The summed E-state index contributed by atoms with van der Waals surface area (Å²) in [4.78, 5) is 47.2. The van der Waals surface area contributed by atoms with E-state index in [0.29, 0.717) is 18.4 Å². The number of nitrogens with two attached hydrogens (primary N) is 1. The Morgan fingerprint density at radius 1 is 0.875 bits per heavy atom. The summed E-state index contributed by atoms with van der Waals surface area (Å²) in [6.45, 7) is 6.93. The van der Waals surface area contributed by atoms with Crippen LogP contribution in [-0.4, -0.2) is 36.6 Å². The van der Waals surface area contributed by atoms with Crippen LogP contribution in [0.1, 0.15) is 71.8 Å². The minimum atomic E-state index is -0.543. The molecule has 0 saturated heterocycles. The summed E-state index contributed by atoms with van der Waals surface area (Å²) < 4.78 is 20.8. The molecule has 0 aliphatic rings. The minimum absolute atomic E-state index is 0.00988. The largest absolute Gasteiger partial charge is 0.462 e. The molecule has 9 heteroatoms. The van der Waals surface area contributed by atoms with Gasteiger partial charge in [0.05, 0.1) is 5.69 Å². The van der Waals surface area contributed by atoms with Crippen LogP contribution in [0.3, 0.4) is 0 Å². The third kappa shape index (κ3) is 9.36. The van der Waals surface area contributed by atoms with Crippen LogP contribution in [0, 0.1) is 0 Å². The zero-order chi connectivity index (χ0) is 24.1. The van der Waals surface area contributed by atoms with Crippen LogP contribution in [0.4, 0.5) is 5.69 Å². The number of esters is 4. The summed E-state index contributed by atoms with van der Waals surface area (Å²) in [6, 6.07) is 3.10. The number of nitrogen functional groups attached to an aromatic ring is 1. The number of hydrogen-bond donors (Lipinski definition) is 1. The Labute approximate surface area is 188 Å². The summed E-state index contributed by atoms with van der Waals surface area (Å²) >= 11 is 0. The third-order valence-electron chi connectivity index (χ3n) is 4.30. The smallest absolute Gasteiger partial charge is 0.311 e. The van der Waals surface area contributed by atoms with E-state index >= 15 is 0 Å². The van der Waals surface area contributed by atoms with Gasteiger partial charge < -0.3 is 24.7 Å². The predicted molar refractivity (Wildman–Crippen MR) is 117 cm³/mol. The zero-order valence-corrected chi connectivity index (χ0v) is 19.2. The number of ether oxygens (including phenoxy) is 4. The first kappa shape index (κ1) is 26.9. The quantitative estimate of drug-likeness (QED) is 0.272. The monoisotopic (exact) mass is 451 g/mol. The molecular formula is C23H33NO8. The van der Waals surface area contributed by atoms with Gasteiger partial charge in [0.1, 0.15) is 12.7 Å². The van der Waals surface area contributed by atoms with Gasteiger partial charge in [-0.15, -0.1) is 0 Å². The highest BCUT2D eigenvalue weighted by molar-refractivity contribution is 5.80. The SMILES string of the molecule is CCCC(=O)Oc1ccc(CCC(=O)OC[C@H](C)OC(=O)CC)c(N)c1OC(=O)CCC. The molecule has 2 N–H and O–H groups in total. The molecule has 0 saturated carbocycles. The highest BCUT2D eigenvalue weighted by Gasteiger charge is 2.20. The van der Waals surface area contributed by atoms with Crippen LogP contribution in [0.25, 0.3) is 0 Å². The van der Waals surface area contributed by atoms with Crippen molar-refractivity contribution in [1.82, 2.24) is 0 Å². The van der Waals surface area contributed by atoms with Gasteiger partial charge >= 0.3 is 23.9 Å². The van der Waals surface area contributed by atoms with Crippen molar-refractivity contribution in [1.29, 1.82) is 0 Å². The van der Waals surface area contributed by atoms with Gasteiger partial charge in [-0.3, -0.25) is 19.2 Å². The molecule has 32 heavy (non-hydrogen) atoms. The highest BCUT2D eigenvalue weighted by Crippen LogP contribution is 2.37. The molecule has 1 atom stereocenters. The van der Waals surface area contributed by atoms with Crippen molar-refractivity contribution >= 4 is 29.6 Å². The molecule has 1 aromatic rings. The fraction of sp³-hybridized carbons (Fsp3) is 0.565. The molecule has 0 amide bonds. The van der Waals surface area contributed by atoms with E-state index in [0.717, 1.165) is 0 Å². The highest BCUT2D eigenvalue weighted by atomic mass is 16.6. The molecule has 0 radical (unpaired) electrons. The molecule has 178 valence electrons. The second-order valence-electron chi connectivity index (χ2n) is 7.25. The van der Waals surface area contributed by atoms with E-state index in [1.54, 1.807) is 19.9 Å². The molecule has 0 bridgehead atoms. The summed E-state index contributed by atoms with van der Waals surface area (Å²) in [5.41, 5.74) is 6.84. The molecule has 0 aliphatic heterocycles. The number of benzene rings is 1. The molecule has 1 aromatic carbocycles. The van der Waals surface area contributed by atoms with Gasteiger partial charge in [0.15, 0.2) is 11.5 Å². The zero-order valence-electron chi connectivity index (χ0n) is 19.2. The first-order chi connectivity index (χ1) is 15.2. The van der Waals surface area contributed by atoms with E-state index in [9.17, 15) is 19.2 Å². The summed E-state index contributed by atoms with van der Waals surface area (Å²) in [5, 5.41) is 0. The van der Waals surface area contributed by atoms with Crippen molar-refractivity contribution < 1.29 is 38.1 Å². The number of carbonyl (C=O) groups excluding carboxylic acids is 4. The molecule has 0 fully saturated rings. The Balaban J connectivity index is 2.85. The van der Waals surface area contributed by atoms with Gasteiger partial charge in [0, 0.05) is 25.7 Å². The molecule has 0 aliphatic carbocycles. The van der Waals surface area contributed by atoms with Crippen LogP contribution in [0.15, 0.2) is 12.1 Å². The molecule has 9 nitrogen and oxygen atoms in total. The van der Waals surface area contributed by atoms with E-state index in [1.807, 2.05) is 13.8 Å². The van der Waals surface area contributed by atoms with Gasteiger partial charge in [-0.2, -0.15) is 0 Å². The lowest BCUT2D eigenvalue weighted by atomic mass is 10.1. The standard InChI is InChI=1S/C23H33NO8/c1-5-8-20(27)31-17-12-10-16(22(24)23(17)32-21(28)9-6-2)11-13-19(26)29-14-15(4)30-18(25)7-3/h10,12,15H,5-9,11,13-14,24H2,1-4H3/t15-/m0/s1. The lowest BCUT2D eigenvalue weighted by molar-refractivity contribution is -0.157. The predicted octanol–water partition coefficient (Wildman–Crippen LogP) is 3.50. The average molecular weight is 452 g/mol. The topological polar surface area (TPSA) is 131 Å².